The molecule has 1 aliphatic carbocycles. The van der Waals surface area contributed by atoms with Crippen molar-refractivity contribution in [3.8, 4) is 44.5 Å². The number of nitrogens with zero attached hydrogens (tertiary/aromatic N) is 1. The van der Waals surface area contributed by atoms with Gasteiger partial charge in [0, 0.05) is 37.2 Å². The van der Waals surface area contributed by atoms with Gasteiger partial charge in [-0.2, -0.15) is 0 Å². The van der Waals surface area contributed by atoms with Crippen molar-refractivity contribution in [2.45, 2.75) is 5.41 Å². The van der Waals surface area contributed by atoms with Crippen LogP contribution in [0.3, 0.4) is 0 Å². The predicted octanol–water partition coefficient (Wildman–Crippen LogP) is 18.0. The van der Waals surface area contributed by atoms with E-state index in [4.69, 9.17) is 0 Å². The highest BCUT2D eigenvalue weighted by Gasteiger charge is 2.46. The molecule has 13 rings (SSSR count). The van der Waals surface area contributed by atoms with Gasteiger partial charge in [-0.15, -0.1) is 11.3 Å². The summed E-state index contributed by atoms with van der Waals surface area (Å²) in [4.78, 5) is 2.39. The Bertz CT molecular complexity index is 3700. The monoisotopic (exact) mass is 869 g/mol. The first kappa shape index (κ1) is 39.1. The van der Waals surface area contributed by atoms with Gasteiger partial charge in [0.15, 0.2) is 0 Å². The zero-order valence-electron chi connectivity index (χ0n) is 36.7. The van der Waals surface area contributed by atoms with Crippen molar-refractivity contribution in [3.63, 3.8) is 0 Å². The fourth-order valence-electron chi connectivity index (χ4n) is 10.8. The highest BCUT2D eigenvalue weighted by molar-refractivity contribution is 7.25. The molecular weight excluding hydrogens is 827 g/mol. The normalized spacial score (nSPS) is 14.0. The Morgan fingerprint density at radius 2 is 0.761 bits per heavy atom. The Balaban J connectivity index is 0.983. The highest BCUT2D eigenvalue weighted by atomic mass is 32.1. The molecule has 314 valence electrons. The van der Waals surface area contributed by atoms with E-state index >= 15 is 0 Å². The Labute approximate surface area is 395 Å². The zero-order valence-corrected chi connectivity index (χ0v) is 37.5. The second-order valence-corrected chi connectivity index (χ2v) is 18.7. The van der Waals surface area contributed by atoms with E-state index in [0.717, 1.165) is 17.1 Å². The SMILES string of the molecule is c1ccc(-c2ccc(N(c3ccc(-c4ccccc4)cc3)c3ccc4c(c3)sc3cc(C5(c6cccc(-c7ccccc7)c6)c6ccccc6-c6cc7ccccc7cc65)ccc34)cc2)cc1. The number of hydrogen-bond donors (Lipinski definition) is 0. The average Bonchev–Trinajstić information content (AvgIpc) is 3.91. The van der Waals surface area contributed by atoms with E-state index in [2.05, 4.69) is 266 Å². The van der Waals surface area contributed by atoms with Crippen LogP contribution < -0.4 is 4.90 Å². The molecule has 0 aliphatic heterocycles. The Morgan fingerprint density at radius 1 is 0.284 bits per heavy atom. The zero-order chi connectivity index (χ0) is 44.3. The molecule has 0 radical (unpaired) electrons. The fourth-order valence-corrected chi connectivity index (χ4v) is 11.9. The highest BCUT2D eigenvalue weighted by Crippen LogP contribution is 2.58. The van der Waals surface area contributed by atoms with E-state index in [1.165, 1.54) is 97.7 Å². The molecule has 0 fully saturated rings. The standard InChI is InChI=1S/C65H43NS/c1-4-15-44(16-5-1)47-27-32-54(33-28-47)66(55-34-29-48(30-35-55)45-17-6-2-7-18-45)56-36-38-59-58-37-31-53(42-63(58)67-64(59)43-56)65(52-24-14-23-49(39-52)46-19-8-3-9-20-46)61-26-13-12-25-57(61)60-40-50-21-10-11-22-51(50)41-62(60)65/h1-43H. The number of hydrogen-bond acceptors (Lipinski definition) is 2. The van der Waals surface area contributed by atoms with Gasteiger partial charge in [-0.25, -0.2) is 0 Å². The van der Waals surface area contributed by atoms with E-state index in [9.17, 15) is 0 Å². The topological polar surface area (TPSA) is 3.24 Å². The number of rotatable bonds is 8. The van der Waals surface area contributed by atoms with Crippen LogP contribution in [0.1, 0.15) is 22.3 Å². The van der Waals surface area contributed by atoms with E-state index in [1.807, 2.05) is 11.3 Å². The first-order valence-electron chi connectivity index (χ1n) is 23.1. The molecular formula is C65H43NS. The molecule has 1 unspecified atom stereocenters. The molecule has 1 nitrogen and oxygen atoms in total. The summed E-state index contributed by atoms with van der Waals surface area (Å²) in [6.07, 6.45) is 0. The third-order valence-corrected chi connectivity index (χ3v) is 15.0. The van der Waals surface area contributed by atoms with Gasteiger partial charge in [-0.1, -0.05) is 200 Å². The van der Waals surface area contributed by atoms with Gasteiger partial charge in [0.2, 0.25) is 0 Å². The molecule has 0 saturated carbocycles. The molecule has 1 heterocycles. The van der Waals surface area contributed by atoms with Gasteiger partial charge in [0.25, 0.3) is 0 Å². The number of fused-ring (bicyclic) bond motifs is 7. The van der Waals surface area contributed by atoms with Gasteiger partial charge < -0.3 is 4.90 Å². The van der Waals surface area contributed by atoms with Crippen molar-refractivity contribution < 1.29 is 0 Å². The van der Waals surface area contributed by atoms with Gasteiger partial charge in [-0.3, -0.25) is 0 Å². The van der Waals surface area contributed by atoms with Crippen LogP contribution in [-0.4, -0.2) is 0 Å². The van der Waals surface area contributed by atoms with Crippen LogP contribution in [0, 0.1) is 0 Å². The smallest absolute Gasteiger partial charge is 0.0714 e. The van der Waals surface area contributed by atoms with Gasteiger partial charge in [0.05, 0.1) is 5.41 Å². The van der Waals surface area contributed by atoms with Crippen molar-refractivity contribution >= 4 is 59.3 Å². The van der Waals surface area contributed by atoms with Crippen LogP contribution in [0.5, 0.6) is 0 Å². The Hall–Kier alpha value is -8.30. The van der Waals surface area contributed by atoms with E-state index in [-0.39, 0.29) is 0 Å². The van der Waals surface area contributed by atoms with E-state index in [1.54, 1.807) is 0 Å². The lowest BCUT2D eigenvalue weighted by atomic mass is 9.67. The summed E-state index contributed by atoms with van der Waals surface area (Å²) in [5.41, 5.74) is 17.8. The largest absolute Gasteiger partial charge is 0.310 e. The van der Waals surface area contributed by atoms with Crippen molar-refractivity contribution in [2.24, 2.45) is 0 Å². The summed E-state index contributed by atoms with van der Waals surface area (Å²) in [5, 5.41) is 5.06. The maximum absolute atomic E-state index is 2.50. The van der Waals surface area contributed by atoms with Crippen LogP contribution in [0.15, 0.2) is 261 Å². The summed E-state index contributed by atoms with van der Waals surface area (Å²) in [7, 11) is 0. The Morgan fingerprint density at radius 3 is 1.40 bits per heavy atom. The van der Waals surface area contributed by atoms with Gasteiger partial charge in [0.1, 0.15) is 0 Å². The van der Waals surface area contributed by atoms with Crippen LogP contribution in [0.2, 0.25) is 0 Å². The molecule has 2 heteroatoms. The van der Waals surface area contributed by atoms with Crippen LogP contribution in [-0.2, 0) is 5.41 Å². The molecule has 0 bridgehead atoms. The molecule has 1 aromatic heterocycles. The summed E-state index contributed by atoms with van der Waals surface area (Å²) in [6.45, 7) is 0. The first-order valence-corrected chi connectivity index (χ1v) is 23.9. The molecule has 0 amide bonds. The van der Waals surface area contributed by atoms with E-state index in [0.29, 0.717) is 0 Å². The second kappa shape index (κ2) is 16.0. The number of benzene rings is 11. The molecule has 12 aromatic rings. The molecule has 1 atom stereocenters. The van der Waals surface area contributed by atoms with Crippen molar-refractivity contribution in [3.05, 3.63) is 283 Å². The summed E-state index contributed by atoms with van der Waals surface area (Å²) in [6, 6.07) is 96.4. The predicted molar refractivity (Wildman–Crippen MR) is 285 cm³/mol. The maximum atomic E-state index is 2.50. The quantitative estimate of drug-likeness (QED) is 0.147. The minimum Gasteiger partial charge on any atom is -0.310 e. The average molecular weight is 870 g/mol. The molecule has 0 saturated heterocycles. The van der Waals surface area contributed by atoms with Crippen LogP contribution in [0.25, 0.3) is 75.5 Å². The minimum atomic E-state index is -0.551. The number of thiophene rings is 1. The van der Waals surface area contributed by atoms with Crippen molar-refractivity contribution in [1.82, 2.24) is 0 Å². The maximum Gasteiger partial charge on any atom is 0.0714 e. The van der Waals surface area contributed by atoms with Gasteiger partial charge >= 0.3 is 0 Å². The molecule has 11 aromatic carbocycles. The summed E-state index contributed by atoms with van der Waals surface area (Å²) >= 11 is 1.89. The molecule has 0 N–H and O–H groups in total. The fraction of sp³-hybridized carbons (Fsp3) is 0.0154. The third kappa shape index (κ3) is 6.52. The minimum absolute atomic E-state index is 0.551. The van der Waals surface area contributed by atoms with Crippen LogP contribution in [0.4, 0.5) is 17.1 Å². The lowest BCUT2D eigenvalue weighted by Crippen LogP contribution is -2.28. The van der Waals surface area contributed by atoms with Gasteiger partial charge in [-0.05, 0) is 138 Å². The lowest BCUT2D eigenvalue weighted by molar-refractivity contribution is 0.771. The van der Waals surface area contributed by atoms with Crippen molar-refractivity contribution in [1.29, 1.82) is 0 Å². The van der Waals surface area contributed by atoms with Crippen molar-refractivity contribution in [2.75, 3.05) is 4.90 Å². The van der Waals surface area contributed by atoms with Crippen LogP contribution >= 0.6 is 11.3 Å². The summed E-state index contributed by atoms with van der Waals surface area (Å²) in [5.74, 6) is 0. The summed E-state index contributed by atoms with van der Waals surface area (Å²) < 4.78 is 2.54. The third-order valence-electron chi connectivity index (χ3n) is 13.9. The first-order chi connectivity index (χ1) is 33.2. The molecule has 67 heavy (non-hydrogen) atoms. The number of anilines is 3. The lowest BCUT2D eigenvalue weighted by Gasteiger charge is -2.34. The van der Waals surface area contributed by atoms with E-state index < -0.39 is 5.41 Å². The molecule has 1 aliphatic rings. The second-order valence-electron chi connectivity index (χ2n) is 17.6. The Kier molecular flexibility index (Phi) is 9.33. The molecule has 0 spiro atoms.